The van der Waals surface area contributed by atoms with E-state index in [1.54, 1.807) is 7.11 Å². The Morgan fingerprint density at radius 1 is 1.38 bits per heavy atom. The number of benzene rings is 1. The molecule has 0 radical (unpaired) electrons. The molecule has 24 heavy (non-hydrogen) atoms. The van der Waals surface area contributed by atoms with Crippen LogP contribution in [0.4, 0.5) is 5.69 Å². The summed E-state index contributed by atoms with van der Waals surface area (Å²) in [5.41, 5.74) is 0.522. The van der Waals surface area contributed by atoms with Crippen LogP contribution in [0, 0.1) is 11.3 Å². The van der Waals surface area contributed by atoms with Crippen molar-refractivity contribution in [1.29, 1.82) is 0 Å². The van der Waals surface area contributed by atoms with Crippen LogP contribution in [0.2, 0.25) is 0 Å². The van der Waals surface area contributed by atoms with Crippen molar-refractivity contribution in [1.82, 2.24) is 5.32 Å². The highest BCUT2D eigenvalue weighted by molar-refractivity contribution is 5.96. The summed E-state index contributed by atoms with van der Waals surface area (Å²) in [5, 5.41) is 6.53. The first-order chi connectivity index (χ1) is 11.2. The number of rotatable bonds is 5. The number of anilines is 1. The van der Waals surface area contributed by atoms with Crippen molar-refractivity contribution in [2.45, 2.75) is 32.6 Å². The van der Waals surface area contributed by atoms with Crippen molar-refractivity contribution >= 4 is 24.0 Å². The van der Waals surface area contributed by atoms with Gasteiger partial charge in [0, 0.05) is 18.3 Å². The molecule has 2 N–H and O–H groups in total. The van der Waals surface area contributed by atoms with E-state index in [0.717, 1.165) is 38.0 Å². The SMILES string of the molecule is CCOc1cc(NC(=O)[C@@]23CCCC[C@H]2CNC3)ccc1OC.Cl. The molecule has 2 aliphatic rings. The Morgan fingerprint density at radius 3 is 2.96 bits per heavy atom. The van der Waals surface area contributed by atoms with Crippen molar-refractivity contribution in [2.24, 2.45) is 11.3 Å². The third-order valence-electron chi connectivity index (χ3n) is 5.21. The molecule has 1 amide bonds. The number of amides is 1. The Balaban J connectivity index is 0.00000208. The standard InChI is InChI=1S/C18H26N2O3.ClH/c1-3-23-16-10-14(7-8-15(16)22-2)20-17(21)18-9-5-4-6-13(18)11-19-12-18;/h7-8,10,13,19H,3-6,9,11-12H2,1-2H3,(H,20,21);1H/t13-,18+;/m0./s1. The van der Waals surface area contributed by atoms with Crippen molar-refractivity contribution in [3.05, 3.63) is 18.2 Å². The molecule has 2 atom stereocenters. The second-order valence-corrected chi connectivity index (χ2v) is 6.48. The molecule has 1 aromatic carbocycles. The molecule has 3 rings (SSSR count). The summed E-state index contributed by atoms with van der Waals surface area (Å²) in [7, 11) is 1.62. The molecule has 0 unspecified atom stereocenters. The highest BCUT2D eigenvalue weighted by Crippen LogP contribution is 2.44. The van der Waals surface area contributed by atoms with E-state index in [1.165, 1.54) is 6.42 Å². The fourth-order valence-electron chi connectivity index (χ4n) is 3.97. The van der Waals surface area contributed by atoms with E-state index in [1.807, 2.05) is 25.1 Å². The summed E-state index contributed by atoms with van der Waals surface area (Å²) in [5.74, 6) is 1.94. The van der Waals surface area contributed by atoms with Crippen LogP contribution in [0.15, 0.2) is 18.2 Å². The van der Waals surface area contributed by atoms with Gasteiger partial charge in [0.2, 0.25) is 5.91 Å². The average molecular weight is 355 g/mol. The number of hydrogen-bond acceptors (Lipinski definition) is 4. The van der Waals surface area contributed by atoms with Crippen LogP contribution in [0.5, 0.6) is 11.5 Å². The van der Waals surface area contributed by atoms with E-state index >= 15 is 0 Å². The Hall–Kier alpha value is -1.46. The van der Waals surface area contributed by atoms with Crippen LogP contribution in [-0.4, -0.2) is 32.7 Å². The van der Waals surface area contributed by atoms with Gasteiger partial charge in [0.15, 0.2) is 11.5 Å². The lowest BCUT2D eigenvalue weighted by atomic mass is 9.67. The maximum absolute atomic E-state index is 13.0. The molecular formula is C18H27ClN2O3. The monoisotopic (exact) mass is 354 g/mol. The number of carbonyl (C=O) groups is 1. The second kappa shape index (κ2) is 8.08. The molecule has 1 heterocycles. The minimum absolute atomic E-state index is 0. The second-order valence-electron chi connectivity index (χ2n) is 6.48. The molecule has 1 aromatic rings. The van der Waals surface area contributed by atoms with Gasteiger partial charge in [-0.2, -0.15) is 0 Å². The van der Waals surface area contributed by atoms with Gasteiger partial charge in [-0.15, -0.1) is 12.4 Å². The zero-order valence-electron chi connectivity index (χ0n) is 14.4. The lowest BCUT2D eigenvalue weighted by Gasteiger charge is -2.37. The highest BCUT2D eigenvalue weighted by atomic mass is 35.5. The van der Waals surface area contributed by atoms with E-state index < -0.39 is 0 Å². The Bertz CT molecular complexity index is 581. The molecule has 0 spiro atoms. The van der Waals surface area contributed by atoms with E-state index in [2.05, 4.69) is 10.6 Å². The smallest absolute Gasteiger partial charge is 0.232 e. The first-order valence-electron chi connectivity index (χ1n) is 8.52. The van der Waals surface area contributed by atoms with Crippen molar-refractivity contribution in [2.75, 3.05) is 32.1 Å². The third-order valence-corrected chi connectivity index (χ3v) is 5.21. The summed E-state index contributed by atoms with van der Waals surface area (Å²) < 4.78 is 10.9. The molecule has 0 aromatic heterocycles. The molecule has 0 bridgehead atoms. The third kappa shape index (κ3) is 3.47. The number of ether oxygens (including phenoxy) is 2. The number of hydrogen-bond donors (Lipinski definition) is 2. The predicted molar refractivity (Wildman–Crippen MR) is 97.3 cm³/mol. The van der Waals surface area contributed by atoms with Crippen LogP contribution < -0.4 is 20.1 Å². The Labute approximate surface area is 149 Å². The van der Waals surface area contributed by atoms with Crippen molar-refractivity contribution in [3.63, 3.8) is 0 Å². The van der Waals surface area contributed by atoms with E-state index in [4.69, 9.17) is 9.47 Å². The summed E-state index contributed by atoms with van der Waals surface area (Å²) in [6, 6.07) is 5.55. The number of halogens is 1. The average Bonchev–Trinajstić information content (AvgIpc) is 3.01. The fraction of sp³-hybridized carbons (Fsp3) is 0.611. The number of fused-ring (bicyclic) bond motifs is 1. The van der Waals surface area contributed by atoms with Gasteiger partial charge in [-0.25, -0.2) is 0 Å². The Kier molecular flexibility index (Phi) is 6.35. The molecule has 1 aliphatic heterocycles. The first-order valence-corrected chi connectivity index (χ1v) is 8.52. The van der Waals surface area contributed by atoms with Crippen LogP contribution in [0.25, 0.3) is 0 Å². The maximum atomic E-state index is 13.0. The van der Waals surface area contributed by atoms with Crippen LogP contribution in [-0.2, 0) is 4.79 Å². The Morgan fingerprint density at radius 2 is 2.21 bits per heavy atom. The van der Waals surface area contributed by atoms with Crippen LogP contribution in [0.3, 0.4) is 0 Å². The number of carbonyl (C=O) groups excluding carboxylic acids is 1. The number of methoxy groups -OCH3 is 1. The normalized spacial score (nSPS) is 25.3. The first kappa shape index (κ1) is 18.9. The largest absolute Gasteiger partial charge is 0.493 e. The highest BCUT2D eigenvalue weighted by Gasteiger charge is 2.49. The van der Waals surface area contributed by atoms with Gasteiger partial charge >= 0.3 is 0 Å². The molecule has 1 saturated heterocycles. The lowest BCUT2D eigenvalue weighted by molar-refractivity contribution is -0.128. The summed E-state index contributed by atoms with van der Waals surface area (Å²) >= 11 is 0. The molecule has 134 valence electrons. The van der Waals surface area contributed by atoms with Gasteiger partial charge < -0.3 is 20.1 Å². The van der Waals surface area contributed by atoms with Gasteiger partial charge in [0.05, 0.1) is 19.1 Å². The molecule has 5 nitrogen and oxygen atoms in total. The van der Waals surface area contributed by atoms with Crippen molar-refractivity contribution in [3.8, 4) is 11.5 Å². The van der Waals surface area contributed by atoms with Crippen LogP contribution in [0.1, 0.15) is 32.6 Å². The van der Waals surface area contributed by atoms with E-state index in [-0.39, 0.29) is 23.7 Å². The molecular weight excluding hydrogens is 328 g/mol. The minimum atomic E-state index is -0.246. The predicted octanol–water partition coefficient (Wildman–Crippen LogP) is 3.23. The fourth-order valence-corrected chi connectivity index (χ4v) is 3.97. The maximum Gasteiger partial charge on any atom is 0.232 e. The minimum Gasteiger partial charge on any atom is -0.493 e. The lowest BCUT2D eigenvalue weighted by Crippen LogP contribution is -2.44. The summed E-state index contributed by atoms with van der Waals surface area (Å²) in [6.07, 6.45) is 4.50. The van der Waals surface area contributed by atoms with Crippen LogP contribution >= 0.6 is 12.4 Å². The van der Waals surface area contributed by atoms with E-state index in [0.29, 0.717) is 24.0 Å². The summed E-state index contributed by atoms with van der Waals surface area (Å²) in [4.78, 5) is 13.0. The molecule has 6 heteroatoms. The molecule has 1 aliphatic carbocycles. The zero-order valence-corrected chi connectivity index (χ0v) is 15.2. The summed E-state index contributed by atoms with van der Waals surface area (Å²) in [6.45, 7) is 4.24. The van der Waals surface area contributed by atoms with Gasteiger partial charge in [0.25, 0.3) is 0 Å². The van der Waals surface area contributed by atoms with Gasteiger partial charge in [-0.1, -0.05) is 12.8 Å². The number of nitrogens with one attached hydrogen (secondary N) is 2. The molecule has 1 saturated carbocycles. The quantitative estimate of drug-likeness (QED) is 0.852. The zero-order chi connectivity index (χ0) is 16.3. The van der Waals surface area contributed by atoms with Gasteiger partial charge in [-0.3, -0.25) is 4.79 Å². The van der Waals surface area contributed by atoms with Crippen molar-refractivity contribution < 1.29 is 14.3 Å². The molecule has 2 fully saturated rings. The topological polar surface area (TPSA) is 59.6 Å². The van der Waals surface area contributed by atoms with Gasteiger partial charge in [0.1, 0.15) is 0 Å². The van der Waals surface area contributed by atoms with Gasteiger partial charge in [-0.05, 0) is 44.4 Å². The van der Waals surface area contributed by atoms with E-state index in [9.17, 15) is 4.79 Å².